The molecule has 2 atom stereocenters. The zero-order valence-corrected chi connectivity index (χ0v) is 13.4. The van der Waals surface area contributed by atoms with Crippen molar-refractivity contribution in [1.82, 2.24) is 5.43 Å². The van der Waals surface area contributed by atoms with Crippen LogP contribution in [0.2, 0.25) is 0 Å². The Morgan fingerprint density at radius 3 is 2.58 bits per heavy atom. The number of hydrazine groups is 1. The summed E-state index contributed by atoms with van der Waals surface area (Å²) in [5.74, 6) is 7.62. The summed E-state index contributed by atoms with van der Waals surface area (Å²) >= 11 is 1.94. The third-order valence-electron chi connectivity index (χ3n) is 3.39. The Morgan fingerprint density at radius 2 is 2.05 bits per heavy atom. The van der Waals surface area contributed by atoms with E-state index >= 15 is 0 Å². The number of aryl methyl sites for hydroxylation is 2. The summed E-state index contributed by atoms with van der Waals surface area (Å²) in [5, 5.41) is 0.646. The standard InChI is InChI=1S/C15H26N2OS/c1-6-12(4)19-9-13(17-16)15-11(3)7-10(2)8-14(15)18-5/h7-8,12-13,17H,6,9,16H2,1-5H3. The van der Waals surface area contributed by atoms with Crippen molar-refractivity contribution >= 4 is 11.8 Å². The highest BCUT2D eigenvalue weighted by atomic mass is 32.2. The molecule has 0 aliphatic carbocycles. The second-order valence-corrected chi connectivity index (χ2v) is 6.44. The van der Waals surface area contributed by atoms with Crippen LogP contribution in [-0.4, -0.2) is 18.1 Å². The Labute approximate surface area is 121 Å². The average molecular weight is 282 g/mol. The van der Waals surface area contributed by atoms with Crippen molar-refractivity contribution < 1.29 is 4.74 Å². The van der Waals surface area contributed by atoms with Crippen LogP contribution in [0.4, 0.5) is 0 Å². The van der Waals surface area contributed by atoms with Gasteiger partial charge in [-0.2, -0.15) is 11.8 Å². The second kappa shape index (κ2) is 7.78. The van der Waals surface area contributed by atoms with Crippen molar-refractivity contribution in [3.63, 3.8) is 0 Å². The predicted octanol–water partition coefficient (Wildman–Crippen LogP) is 3.35. The topological polar surface area (TPSA) is 47.3 Å². The minimum Gasteiger partial charge on any atom is -0.496 e. The van der Waals surface area contributed by atoms with Crippen LogP contribution in [0.25, 0.3) is 0 Å². The van der Waals surface area contributed by atoms with Gasteiger partial charge in [-0.15, -0.1) is 0 Å². The molecule has 0 radical (unpaired) electrons. The van der Waals surface area contributed by atoms with Crippen LogP contribution >= 0.6 is 11.8 Å². The minimum absolute atomic E-state index is 0.120. The maximum Gasteiger partial charge on any atom is 0.124 e. The monoisotopic (exact) mass is 282 g/mol. The molecular weight excluding hydrogens is 256 g/mol. The largest absolute Gasteiger partial charge is 0.496 e. The normalized spacial score (nSPS) is 14.2. The number of ether oxygens (including phenoxy) is 1. The molecule has 3 nitrogen and oxygen atoms in total. The molecule has 0 heterocycles. The van der Waals surface area contributed by atoms with Crippen molar-refractivity contribution in [3.8, 4) is 5.75 Å². The fourth-order valence-electron chi connectivity index (χ4n) is 2.15. The molecule has 0 aromatic heterocycles. The Balaban J connectivity index is 2.97. The van der Waals surface area contributed by atoms with Gasteiger partial charge in [-0.3, -0.25) is 11.3 Å². The third kappa shape index (κ3) is 4.41. The second-order valence-electron chi connectivity index (χ2n) is 4.97. The first-order valence-corrected chi connectivity index (χ1v) is 7.81. The van der Waals surface area contributed by atoms with Gasteiger partial charge >= 0.3 is 0 Å². The number of nitrogens with two attached hydrogens (primary N) is 1. The van der Waals surface area contributed by atoms with Crippen LogP contribution in [-0.2, 0) is 0 Å². The van der Waals surface area contributed by atoms with E-state index in [1.807, 2.05) is 11.8 Å². The van der Waals surface area contributed by atoms with Crippen molar-refractivity contribution in [2.45, 2.75) is 45.4 Å². The zero-order chi connectivity index (χ0) is 14.4. The van der Waals surface area contributed by atoms with Gasteiger partial charge in [-0.1, -0.05) is 19.9 Å². The molecule has 0 bridgehead atoms. The molecule has 0 saturated heterocycles. The molecule has 108 valence electrons. The average Bonchev–Trinajstić information content (AvgIpc) is 2.40. The van der Waals surface area contributed by atoms with Crippen LogP contribution in [0.15, 0.2) is 12.1 Å². The van der Waals surface area contributed by atoms with Crippen LogP contribution in [0.5, 0.6) is 5.75 Å². The van der Waals surface area contributed by atoms with E-state index in [0.717, 1.165) is 11.5 Å². The SMILES string of the molecule is CCC(C)SCC(NN)c1c(C)cc(C)cc1OC. The van der Waals surface area contributed by atoms with Gasteiger partial charge in [-0.25, -0.2) is 0 Å². The molecule has 0 aliphatic rings. The van der Waals surface area contributed by atoms with E-state index in [-0.39, 0.29) is 6.04 Å². The van der Waals surface area contributed by atoms with E-state index in [1.165, 1.54) is 23.1 Å². The molecule has 0 fully saturated rings. The van der Waals surface area contributed by atoms with Crippen molar-refractivity contribution in [1.29, 1.82) is 0 Å². The fourth-order valence-corrected chi connectivity index (χ4v) is 3.17. The summed E-state index contributed by atoms with van der Waals surface area (Å²) in [4.78, 5) is 0. The number of methoxy groups -OCH3 is 1. The lowest BCUT2D eigenvalue weighted by Gasteiger charge is -2.23. The number of hydrogen-bond acceptors (Lipinski definition) is 4. The van der Waals surface area contributed by atoms with E-state index in [9.17, 15) is 0 Å². The number of hydrogen-bond donors (Lipinski definition) is 2. The third-order valence-corrected chi connectivity index (χ3v) is 4.81. The van der Waals surface area contributed by atoms with Gasteiger partial charge in [0.25, 0.3) is 0 Å². The Bertz CT molecular complexity index is 409. The van der Waals surface area contributed by atoms with Gasteiger partial charge in [0.2, 0.25) is 0 Å². The molecule has 19 heavy (non-hydrogen) atoms. The Morgan fingerprint density at radius 1 is 1.37 bits per heavy atom. The van der Waals surface area contributed by atoms with Crippen molar-refractivity contribution in [3.05, 3.63) is 28.8 Å². The molecule has 0 aliphatic heterocycles. The maximum atomic E-state index is 5.74. The summed E-state index contributed by atoms with van der Waals surface area (Å²) in [6, 6.07) is 4.37. The Hall–Kier alpha value is -0.710. The fraction of sp³-hybridized carbons (Fsp3) is 0.600. The molecule has 0 amide bonds. The van der Waals surface area contributed by atoms with Crippen molar-refractivity contribution in [2.75, 3.05) is 12.9 Å². The molecule has 4 heteroatoms. The van der Waals surface area contributed by atoms with Crippen molar-refractivity contribution in [2.24, 2.45) is 5.84 Å². The molecule has 0 spiro atoms. The number of benzene rings is 1. The highest BCUT2D eigenvalue weighted by molar-refractivity contribution is 7.99. The summed E-state index contributed by atoms with van der Waals surface area (Å²) in [6.45, 7) is 8.65. The molecule has 0 saturated carbocycles. The quantitative estimate of drug-likeness (QED) is 0.595. The first-order chi connectivity index (χ1) is 9.03. The lowest BCUT2D eigenvalue weighted by Crippen LogP contribution is -2.31. The van der Waals surface area contributed by atoms with Gasteiger partial charge in [0.05, 0.1) is 13.2 Å². The highest BCUT2D eigenvalue weighted by Gasteiger charge is 2.18. The van der Waals surface area contributed by atoms with Gasteiger partial charge in [0, 0.05) is 16.6 Å². The first kappa shape index (κ1) is 16.3. The van der Waals surface area contributed by atoms with Gasteiger partial charge < -0.3 is 4.74 Å². The molecule has 1 aromatic carbocycles. The van der Waals surface area contributed by atoms with E-state index in [0.29, 0.717) is 5.25 Å². The predicted molar refractivity (Wildman–Crippen MR) is 84.7 cm³/mol. The van der Waals surface area contributed by atoms with Crippen LogP contribution < -0.4 is 16.0 Å². The van der Waals surface area contributed by atoms with E-state index < -0.39 is 0 Å². The molecule has 1 rings (SSSR count). The van der Waals surface area contributed by atoms with Gasteiger partial charge in [0.15, 0.2) is 0 Å². The molecule has 2 unspecified atom stereocenters. The van der Waals surface area contributed by atoms with Crippen LogP contribution in [0.1, 0.15) is 43.0 Å². The summed E-state index contributed by atoms with van der Waals surface area (Å²) < 4.78 is 5.52. The minimum atomic E-state index is 0.120. The molecule has 1 aromatic rings. The maximum absolute atomic E-state index is 5.74. The summed E-state index contributed by atoms with van der Waals surface area (Å²) in [7, 11) is 1.72. The number of nitrogens with one attached hydrogen (secondary N) is 1. The zero-order valence-electron chi connectivity index (χ0n) is 12.6. The lowest BCUT2D eigenvalue weighted by molar-refractivity contribution is 0.402. The highest BCUT2D eigenvalue weighted by Crippen LogP contribution is 2.32. The van der Waals surface area contributed by atoms with E-state index in [1.54, 1.807) is 7.11 Å². The smallest absolute Gasteiger partial charge is 0.124 e. The van der Waals surface area contributed by atoms with Crippen LogP contribution in [0.3, 0.4) is 0 Å². The Kier molecular flexibility index (Phi) is 6.69. The summed E-state index contributed by atoms with van der Waals surface area (Å²) in [5.41, 5.74) is 6.54. The van der Waals surface area contributed by atoms with Gasteiger partial charge in [-0.05, 0) is 37.5 Å². The summed E-state index contributed by atoms with van der Waals surface area (Å²) in [6.07, 6.45) is 1.17. The lowest BCUT2D eigenvalue weighted by atomic mass is 9.99. The van der Waals surface area contributed by atoms with Gasteiger partial charge in [0.1, 0.15) is 5.75 Å². The van der Waals surface area contributed by atoms with E-state index in [4.69, 9.17) is 10.6 Å². The molecule has 3 N–H and O–H groups in total. The molecular formula is C15H26N2OS. The van der Waals surface area contributed by atoms with Crippen LogP contribution in [0, 0.1) is 13.8 Å². The first-order valence-electron chi connectivity index (χ1n) is 6.76. The van der Waals surface area contributed by atoms with E-state index in [2.05, 4.69) is 45.3 Å². The number of thioether (sulfide) groups is 1. The number of rotatable bonds is 7.